The van der Waals surface area contributed by atoms with Crippen molar-refractivity contribution >= 4 is 10.8 Å². The van der Waals surface area contributed by atoms with E-state index in [2.05, 4.69) is 97.1 Å². The largest absolute Gasteiger partial charge is 0.457 e. The highest BCUT2D eigenvalue weighted by atomic mass is 16.5. The van der Waals surface area contributed by atoms with E-state index in [0.717, 1.165) is 83.5 Å². The van der Waals surface area contributed by atoms with Crippen LogP contribution in [0.2, 0.25) is 0 Å². The van der Waals surface area contributed by atoms with Crippen molar-refractivity contribution in [3.8, 4) is 74.0 Å². The third kappa shape index (κ3) is 4.70. The highest BCUT2D eigenvalue weighted by Crippen LogP contribution is 2.62. The Bertz CT molecular complexity index is 2970. The van der Waals surface area contributed by atoms with E-state index >= 15 is 0 Å². The normalized spacial score (nSPS) is 12.9. The lowest BCUT2D eigenvalue weighted by Crippen LogP contribution is -2.32. The quantitative estimate of drug-likeness (QED) is 0.181. The molecule has 0 unspecified atom stereocenters. The molecule has 2 aliphatic rings. The highest BCUT2D eigenvalue weighted by Gasteiger charge is 2.51. The van der Waals surface area contributed by atoms with Gasteiger partial charge in [-0.25, -0.2) is 15.0 Å². The van der Waals surface area contributed by atoms with Crippen molar-refractivity contribution in [3.05, 3.63) is 210 Å². The molecule has 0 bridgehead atoms. The van der Waals surface area contributed by atoms with Crippen LogP contribution < -0.4 is 4.74 Å². The van der Waals surface area contributed by atoms with Crippen molar-refractivity contribution in [2.24, 2.45) is 0 Å². The first-order chi connectivity index (χ1) is 27.7. The lowest BCUT2D eigenvalue weighted by Gasteiger charge is -2.39. The second-order valence-corrected chi connectivity index (χ2v) is 14.2. The van der Waals surface area contributed by atoms with E-state index in [4.69, 9.17) is 19.7 Å². The van der Waals surface area contributed by atoms with Gasteiger partial charge >= 0.3 is 0 Å². The van der Waals surface area contributed by atoms with Crippen LogP contribution in [-0.2, 0) is 5.41 Å². The molecular formula is C51H30N4O. The molecule has 0 saturated heterocycles. The molecule has 5 nitrogen and oxygen atoms in total. The van der Waals surface area contributed by atoms with Gasteiger partial charge in [-0.15, -0.1) is 0 Å². The molecule has 11 rings (SSSR count). The average Bonchev–Trinajstić information content (AvgIpc) is 3.55. The first-order valence-corrected chi connectivity index (χ1v) is 18.7. The van der Waals surface area contributed by atoms with Crippen LogP contribution in [0.3, 0.4) is 0 Å². The summed E-state index contributed by atoms with van der Waals surface area (Å²) in [5.41, 5.74) is 11.2. The van der Waals surface area contributed by atoms with Gasteiger partial charge in [0, 0.05) is 33.4 Å². The molecule has 0 fully saturated rings. The van der Waals surface area contributed by atoms with Gasteiger partial charge in [0.15, 0.2) is 17.5 Å². The van der Waals surface area contributed by atoms with Gasteiger partial charge in [0.05, 0.1) is 17.0 Å². The number of hydrogen-bond acceptors (Lipinski definition) is 5. The van der Waals surface area contributed by atoms with E-state index < -0.39 is 5.41 Å². The molecule has 0 saturated carbocycles. The second-order valence-electron chi connectivity index (χ2n) is 14.2. The molecule has 0 radical (unpaired) electrons. The number of benzene rings is 8. The lowest BCUT2D eigenvalue weighted by atomic mass is 9.65. The van der Waals surface area contributed by atoms with Crippen LogP contribution in [0.4, 0.5) is 0 Å². The number of para-hydroxylation sites is 2. The fourth-order valence-electron chi connectivity index (χ4n) is 8.82. The molecular weight excluding hydrogens is 685 g/mol. The summed E-state index contributed by atoms with van der Waals surface area (Å²) < 4.78 is 6.61. The van der Waals surface area contributed by atoms with Crippen molar-refractivity contribution in [1.29, 1.82) is 5.26 Å². The fourth-order valence-corrected chi connectivity index (χ4v) is 8.82. The van der Waals surface area contributed by atoms with Crippen LogP contribution in [0, 0.1) is 11.3 Å². The van der Waals surface area contributed by atoms with Crippen LogP contribution in [0.1, 0.15) is 27.8 Å². The third-order valence-corrected chi connectivity index (χ3v) is 11.2. The molecule has 260 valence electrons. The van der Waals surface area contributed by atoms with Crippen molar-refractivity contribution < 1.29 is 4.74 Å². The van der Waals surface area contributed by atoms with E-state index in [-0.39, 0.29) is 0 Å². The maximum absolute atomic E-state index is 10.2. The Kier molecular flexibility index (Phi) is 7.07. The Morgan fingerprint density at radius 1 is 0.429 bits per heavy atom. The maximum Gasteiger partial charge on any atom is 0.164 e. The molecule has 9 aromatic rings. The summed E-state index contributed by atoms with van der Waals surface area (Å²) in [7, 11) is 0. The van der Waals surface area contributed by atoms with E-state index in [1.54, 1.807) is 0 Å². The number of nitriles is 1. The minimum absolute atomic E-state index is 0.595. The SMILES string of the molecule is N#Cc1ccc2c(c1)C1(c3ccccc3Oc3ccccc31)c1cc(-c3c(-c4nc(-c5ccccc5)nc(-c5ccccc5)n4)ccc4ccccc34)ccc1-2. The Hall–Kier alpha value is -7.68. The number of fused-ring (bicyclic) bond motifs is 10. The van der Waals surface area contributed by atoms with Crippen molar-refractivity contribution in [2.45, 2.75) is 5.41 Å². The Morgan fingerprint density at radius 3 is 1.62 bits per heavy atom. The highest BCUT2D eigenvalue weighted by molar-refractivity contribution is 6.04. The predicted octanol–water partition coefficient (Wildman–Crippen LogP) is 12.0. The second kappa shape index (κ2) is 12.4. The Morgan fingerprint density at radius 2 is 0.964 bits per heavy atom. The van der Waals surface area contributed by atoms with Crippen molar-refractivity contribution in [2.75, 3.05) is 0 Å². The van der Waals surface area contributed by atoms with Crippen molar-refractivity contribution in [1.82, 2.24) is 15.0 Å². The van der Waals surface area contributed by atoms with Crippen LogP contribution in [0.25, 0.3) is 67.2 Å². The first-order valence-electron chi connectivity index (χ1n) is 18.7. The summed E-state index contributed by atoms with van der Waals surface area (Å²) in [6.45, 7) is 0. The smallest absolute Gasteiger partial charge is 0.164 e. The number of hydrogen-bond donors (Lipinski definition) is 0. The van der Waals surface area contributed by atoms with Gasteiger partial charge in [-0.1, -0.05) is 146 Å². The molecule has 2 heterocycles. The van der Waals surface area contributed by atoms with Crippen LogP contribution in [0.5, 0.6) is 11.5 Å². The van der Waals surface area contributed by atoms with E-state index in [0.29, 0.717) is 23.0 Å². The molecule has 1 aliphatic carbocycles. The average molecular weight is 715 g/mol. The minimum Gasteiger partial charge on any atom is -0.457 e. The van der Waals surface area contributed by atoms with Gasteiger partial charge in [-0.05, 0) is 75.0 Å². The molecule has 1 aromatic heterocycles. The van der Waals surface area contributed by atoms with Gasteiger partial charge in [0.2, 0.25) is 0 Å². The minimum atomic E-state index is -0.738. The molecule has 1 aliphatic heterocycles. The van der Waals surface area contributed by atoms with Gasteiger partial charge in [-0.3, -0.25) is 0 Å². The van der Waals surface area contributed by atoms with Crippen molar-refractivity contribution in [3.63, 3.8) is 0 Å². The molecule has 8 aromatic carbocycles. The predicted molar refractivity (Wildman–Crippen MR) is 221 cm³/mol. The van der Waals surface area contributed by atoms with Gasteiger partial charge in [0.1, 0.15) is 11.5 Å². The molecule has 0 amide bonds. The molecule has 1 spiro atoms. The third-order valence-electron chi connectivity index (χ3n) is 11.2. The zero-order chi connectivity index (χ0) is 37.2. The fraction of sp³-hybridized carbons (Fsp3) is 0.0196. The number of rotatable bonds is 4. The monoisotopic (exact) mass is 714 g/mol. The number of ether oxygens (including phenoxy) is 1. The van der Waals surface area contributed by atoms with Gasteiger partial charge in [-0.2, -0.15) is 5.26 Å². The lowest BCUT2D eigenvalue weighted by molar-refractivity contribution is 0.436. The summed E-state index contributed by atoms with van der Waals surface area (Å²) in [6, 6.07) is 64.9. The Labute approximate surface area is 323 Å². The zero-order valence-corrected chi connectivity index (χ0v) is 30.0. The summed E-state index contributed by atoms with van der Waals surface area (Å²) in [6.07, 6.45) is 0. The summed E-state index contributed by atoms with van der Waals surface area (Å²) in [5, 5.41) is 12.4. The number of aromatic nitrogens is 3. The maximum atomic E-state index is 10.2. The first kappa shape index (κ1) is 31.8. The number of nitrogens with zero attached hydrogens (tertiary/aromatic N) is 4. The molecule has 0 N–H and O–H groups in total. The van der Waals surface area contributed by atoms with Crippen LogP contribution in [-0.4, -0.2) is 15.0 Å². The summed E-state index contributed by atoms with van der Waals surface area (Å²) >= 11 is 0. The zero-order valence-electron chi connectivity index (χ0n) is 30.0. The summed E-state index contributed by atoms with van der Waals surface area (Å²) in [5.74, 6) is 3.42. The van der Waals surface area contributed by atoms with E-state index in [9.17, 15) is 5.26 Å². The Balaban J connectivity index is 1.22. The van der Waals surface area contributed by atoms with Crippen LogP contribution in [0.15, 0.2) is 182 Å². The topological polar surface area (TPSA) is 71.7 Å². The van der Waals surface area contributed by atoms with Gasteiger partial charge in [0.25, 0.3) is 0 Å². The molecule has 5 heteroatoms. The van der Waals surface area contributed by atoms with E-state index in [1.165, 1.54) is 0 Å². The van der Waals surface area contributed by atoms with Crippen LogP contribution >= 0.6 is 0 Å². The summed E-state index contributed by atoms with van der Waals surface area (Å²) in [4.78, 5) is 15.4. The van der Waals surface area contributed by atoms with Gasteiger partial charge < -0.3 is 4.74 Å². The standard InChI is InChI=1S/C51H30N4O/c52-31-32-23-26-38-39-27-25-36(30-44(39)51(43(38)29-32)41-19-9-11-21-45(41)56-46-22-12-10-20-42(46)51)47-37-18-8-7-13-33(37)24-28-40(47)50-54-48(34-14-3-1-4-15-34)53-49(55-50)35-16-5-2-6-17-35/h1-30H. The molecule has 0 atom stereocenters. The van der Waals surface area contributed by atoms with E-state index in [1.807, 2.05) is 91.0 Å². The molecule has 56 heavy (non-hydrogen) atoms.